The molecule has 2 heterocycles. The van der Waals surface area contributed by atoms with Crippen LogP contribution in [0.1, 0.15) is 17.0 Å². The summed E-state index contributed by atoms with van der Waals surface area (Å²) < 4.78 is 26.5. The van der Waals surface area contributed by atoms with Gasteiger partial charge < -0.3 is 0 Å². The van der Waals surface area contributed by atoms with Crippen LogP contribution in [0.25, 0.3) is 0 Å². The molecule has 0 aliphatic rings. The largest absolute Gasteiger partial charge is 0.281 e. The van der Waals surface area contributed by atoms with Crippen molar-refractivity contribution < 1.29 is 8.42 Å². The van der Waals surface area contributed by atoms with Crippen LogP contribution in [-0.2, 0) is 22.3 Å². The molecule has 0 aliphatic carbocycles. The monoisotopic (exact) mass is 328 g/mol. The highest BCUT2D eigenvalue weighted by atomic mass is 35.5. The lowest BCUT2D eigenvalue weighted by Gasteiger charge is -2.17. The number of H-pyrrole nitrogens is 1. The van der Waals surface area contributed by atoms with Crippen LogP contribution in [0.4, 0.5) is 0 Å². The third-order valence-corrected chi connectivity index (χ3v) is 5.53. The first-order valence-corrected chi connectivity index (χ1v) is 8.39. The Hall–Kier alpha value is -1.44. The number of pyridine rings is 1. The highest BCUT2D eigenvalue weighted by Gasteiger charge is 2.27. The van der Waals surface area contributed by atoms with Crippen LogP contribution in [0.15, 0.2) is 29.4 Å². The fourth-order valence-electron chi connectivity index (χ4n) is 2.01. The van der Waals surface area contributed by atoms with E-state index in [1.165, 1.54) is 4.31 Å². The van der Waals surface area contributed by atoms with Gasteiger partial charge in [-0.15, -0.1) is 11.6 Å². The molecule has 6 nitrogen and oxygen atoms in total. The van der Waals surface area contributed by atoms with E-state index in [0.717, 1.165) is 5.56 Å². The molecule has 0 fully saturated rings. The molecule has 0 amide bonds. The molecular weight excluding hydrogens is 312 g/mol. The molecule has 0 saturated heterocycles. The van der Waals surface area contributed by atoms with E-state index in [1.807, 2.05) is 12.1 Å². The number of hydrogen-bond acceptors (Lipinski definition) is 4. The van der Waals surface area contributed by atoms with Crippen LogP contribution < -0.4 is 0 Å². The molecule has 0 radical (unpaired) electrons. The molecule has 0 saturated carbocycles. The fourth-order valence-corrected chi connectivity index (χ4v) is 3.78. The number of nitrogens with one attached hydrogen (secondary N) is 1. The van der Waals surface area contributed by atoms with Crippen LogP contribution in [0.2, 0.25) is 0 Å². The SMILES string of the molecule is Cc1[nH]nc(CCl)c1S(=O)(=O)N(C)CCc1ccncc1. The van der Waals surface area contributed by atoms with E-state index in [1.54, 1.807) is 26.4 Å². The van der Waals surface area contributed by atoms with Gasteiger partial charge in [-0.2, -0.15) is 5.10 Å². The number of likely N-dealkylation sites (N-methyl/N-ethyl adjacent to an activating group) is 1. The van der Waals surface area contributed by atoms with Crippen LogP contribution in [0, 0.1) is 6.92 Å². The smallest absolute Gasteiger partial charge is 0.246 e. The summed E-state index contributed by atoms with van der Waals surface area (Å²) in [6.07, 6.45) is 4.00. The lowest BCUT2D eigenvalue weighted by Crippen LogP contribution is -2.30. The Morgan fingerprint density at radius 2 is 2.00 bits per heavy atom. The quantitative estimate of drug-likeness (QED) is 0.819. The zero-order valence-electron chi connectivity index (χ0n) is 11.9. The van der Waals surface area contributed by atoms with Crippen LogP contribution in [0.5, 0.6) is 0 Å². The van der Waals surface area contributed by atoms with Gasteiger partial charge in [0.1, 0.15) is 4.90 Å². The molecule has 21 heavy (non-hydrogen) atoms. The summed E-state index contributed by atoms with van der Waals surface area (Å²) in [6.45, 7) is 2.05. The number of nitrogens with zero attached hydrogens (tertiary/aromatic N) is 3. The summed E-state index contributed by atoms with van der Waals surface area (Å²) in [4.78, 5) is 4.11. The van der Waals surface area contributed by atoms with Gasteiger partial charge in [0.05, 0.1) is 17.3 Å². The number of hydrogen-bond donors (Lipinski definition) is 1. The molecule has 0 bridgehead atoms. The van der Waals surface area contributed by atoms with Gasteiger partial charge >= 0.3 is 0 Å². The molecule has 0 unspecified atom stereocenters. The molecule has 2 aromatic rings. The number of halogens is 1. The van der Waals surface area contributed by atoms with Crippen molar-refractivity contribution >= 4 is 21.6 Å². The van der Waals surface area contributed by atoms with Crippen molar-refractivity contribution in [2.75, 3.05) is 13.6 Å². The van der Waals surface area contributed by atoms with Gasteiger partial charge in [0, 0.05) is 26.0 Å². The van der Waals surface area contributed by atoms with Gasteiger partial charge in [-0.05, 0) is 31.0 Å². The van der Waals surface area contributed by atoms with Gasteiger partial charge in [0.2, 0.25) is 10.0 Å². The number of aromatic amines is 1. The van der Waals surface area contributed by atoms with Gasteiger partial charge in [0.15, 0.2) is 0 Å². The summed E-state index contributed by atoms with van der Waals surface area (Å²) >= 11 is 5.76. The molecular formula is C13H17ClN4O2S. The standard InChI is InChI=1S/C13H17ClN4O2S/c1-10-13(12(9-14)17-16-10)21(19,20)18(2)8-5-11-3-6-15-7-4-11/h3-4,6-7H,5,8-9H2,1-2H3,(H,16,17). The second-order valence-corrected chi connectivity index (χ2v) is 6.94. The first-order valence-electron chi connectivity index (χ1n) is 6.42. The minimum Gasteiger partial charge on any atom is -0.281 e. The van der Waals surface area contributed by atoms with E-state index in [0.29, 0.717) is 24.4 Å². The minimum absolute atomic E-state index is 0.0527. The molecule has 0 spiro atoms. The normalized spacial score (nSPS) is 12.0. The highest BCUT2D eigenvalue weighted by Crippen LogP contribution is 2.22. The van der Waals surface area contributed by atoms with E-state index in [2.05, 4.69) is 15.2 Å². The van der Waals surface area contributed by atoms with Crippen molar-refractivity contribution in [2.24, 2.45) is 0 Å². The summed E-state index contributed by atoms with van der Waals surface area (Å²) in [6, 6.07) is 3.74. The minimum atomic E-state index is -3.60. The Bertz CT molecular complexity index is 700. The van der Waals surface area contributed by atoms with Crippen molar-refractivity contribution in [3.05, 3.63) is 41.5 Å². The van der Waals surface area contributed by atoms with Gasteiger partial charge in [-0.1, -0.05) is 0 Å². The van der Waals surface area contributed by atoms with Crippen LogP contribution in [-0.4, -0.2) is 41.5 Å². The van der Waals surface area contributed by atoms with Crippen molar-refractivity contribution in [2.45, 2.75) is 24.1 Å². The van der Waals surface area contributed by atoms with Crippen LogP contribution in [0.3, 0.4) is 0 Å². The Morgan fingerprint density at radius 1 is 1.33 bits per heavy atom. The van der Waals surface area contributed by atoms with E-state index in [9.17, 15) is 8.42 Å². The third-order valence-electron chi connectivity index (χ3n) is 3.22. The van der Waals surface area contributed by atoms with E-state index in [4.69, 9.17) is 11.6 Å². The predicted octanol–water partition coefficient (Wildman–Crippen LogP) is 1.72. The van der Waals surface area contributed by atoms with Gasteiger partial charge in [-0.25, -0.2) is 12.7 Å². The number of alkyl halides is 1. The number of sulfonamides is 1. The highest BCUT2D eigenvalue weighted by molar-refractivity contribution is 7.89. The number of aromatic nitrogens is 3. The van der Waals surface area contributed by atoms with E-state index < -0.39 is 10.0 Å². The van der Waals surface area contributed by atoms with Crippen molar-refractivity contribution in [3.8, 4) is 0 Å². The zero-order chi connectivity index (χ0) is 15.5. The first kappa shape index (κ1) is 15.9. The summed E-state index contributed by atoms with van der Waals surface area (Å²) in [5.74, 6) is 0.0527. The molecule has 8 heteroatoms. The first-order chi connectivity index (χ1) is 9.96. The van der Waals surface area contributed by atoms with E-state index >= 15 is 0 Å². The molecule has 0 atom stereocenters. The lowest BCUT2D eigenvalue weighted by molar-refractivity contribution is 0.471. The Balaban J connectivity index is 2.17. The molecule has 2 aromatic heterocycles. The summed E-state index contributed by atoms with van der Waals surface area (Å²) in [5.41, 5.74) is 1.89. The van der Waals surface area contributed by atoms with E-state index in [-0.39, 0.29) is 10.8 Å². The average molecular weight is 329 g/mol. The Kier molecular flexibility index (Phi) is 4.97. The second kappa shape index (κ2) is 6.55. The topological polar surface area (TPSA) is 79.0 Å². The van der Waals surface area contributed by atoms with Gasteiger partial charge in [-0.3, -0.25) is 10.1 Å². The van der Waals surface area contributed by atoms with Crippen molar-refractivity contribution in [1.29, 1.82) is 0 Å². The van der Waals surface area contributed by atoms with Crippen LogP contribution >= 0.6 is 11.6 Å². The maximum atomic E-state index is 12.6. The molecule has 114 valence electrons. The van der Waals surface area contributed by atoms with Gasteiger partial charge in [0.25, 0.3) is 0 Å². The lowest BCUT2D eigenvalue weighted by atomic mass is 10.2. The molecule has 2 rings (SSSR count). The predicted molar refractivity (Wildman–Crippen MR) is 80.6 cm³/mol. The number of aryl methyl sites for hydroxylation is 1. The summed E-state index contributed by atoms with van der Waals surface area (Å²) in [7, 11) is -2.04. The average Bonchev–Trinajstić information content (AvgIpc) is 2.87. The number of rotatable bonds is 6. The molecule has 0 aromatic carbocycles. The molecule has 1 N–H and O–H groups in total. The van der Waals surface area contributed by atoms with Crippen molar-refractivity contribution in [1.82, 2.24) is 19.5 Å². The molecule has 0 aliphatic heterocycles. The summed E-state index contributed by atoms with van der Waals surface area (Å²) in [5, 5.41) is 6.60. The zero-order valence-corrected chi connectivity index (χ0v) is 13.4. The Labute approximate surface area is 129 Å². The third kappa shape index (κ3) is 3.42. The second-order valence-electron chi connectivity index (χ2n) is 4.69. The maximum Gasteiger partial charge on any atom is 0.246 e. The maximum absolute atomic E-state index is 12.6. The fraction of sp³-hybridized carbons (Fsp3) is 0.385. The Morgan fingerprint density at radius 3 is 2.62 bits per heavy atom. The van der Waals surface area contributed by atoms with Crippen molar-refractivity contribution in [3.63, 3.8) is 0 Å².